The van der Waals surface area contributed by atoms with Crippen LogP contribution in [0.1, 0.15) is 16.8 Å². The largest absolute Gasteiger partial charge is 0.283 e. The van der Waals surface area contributed by atoms with Gasteiger partial charge in [-0.15, -0.1) is 0 Å². The molecule has 1 aromatic heterocycles. The molecular weight excluding hydrogens is 236 g/mol. The average molecular weight is 250 g/mol. The van der Waals surface area contributed by atoms with Crippen LogP contribution >= 0.6 is 0 Å². The van der Waals surface area contributed by atoms with Crippen molar-refractivity contribution >= 4 is 10.0 Å². The van der Waals surface area contributed by atoms with Gasteiger partial charge < -0.3 is 0 Å². The van der Waals surface area contributed by atoms with E-state index in [1.165, 1.54) is 6.20 Å². The van der Waals surface area contributed by atoms with Gasteiger partial charge in [0.1, 0.15) is 0 Å². The monoisotopic (exact) mass is 250 g/mol. The minimum absolute atomic E-state index is 0.306. The third-order valence-corrected chi connectivity index (χ3v) is 4.26. The highest BCUT2D eigenvalue weighted by molar-refractivity contribution is 7.89. The summed E-state index contributed by atoms with van der Waals surface area (Å²) < 4.78 is 25.7. The SMILES string of the molecule is Cc1ccc(C)c(S(=O)(=O)n2ccc(C)n2)c1. The van der Waals surface area contributed by atoms with Gasteiger partial charge in [0.15, 0.2) is 0 Å². The second-order valence-electron chi connectivity index (χ2n) is 4.10. The lowest BCUT2D eigenvalue weighted by Crippen LogP contribution is -2.15. The Morgan fingerprint density at radius 3 is 2.41 bits per heavy atom. The van der Waals surface area contributed by atoms with Gasteiger partial charge in [0.2, 0.25) is 0 Å². The molecule has 0 aliphatic rings. The number of hydrogen-bond acceptors (Lipinski definition) is 3. The predicted molar refractivity (Wildman–Crippen MR) is 65.5 cm³/mol. The maximum absolute atomic E-state index is 12.3. The lowest BCUT2D eigenvalue weighted by Gasteiger charge is -2.08. The molecule has 5 heteroatoms. The van der Waals surface area contributed by atoms with E-state index >= 15 is 0 Å². The lowest BCUT2D eigenvalue weighted by atomic mass is 10.2. The number of rotatable bonds is 2. The fourth-order valence-electron chi connectivity index (χ4n) is 1.61. The van der Waals surface area contributed by atoms with E-state index in [1.54, 1.807) is 32.0 Å². The quantitative estimate of drug-likeness (QED) is 0.819. The lowest BCUT2D eigenvalue weighted by molar-refractivity contribution is 0.579. The number of benzene rings is 1. The standard InChI is InChI=1S/C12H14N2O2S/c1-9-4-5-10(2)12(8-9)17(15,16)14-7-6-11(3)13-14/h4-8H,1-3H3. The Bertz CT molecular complexity index is 657. The fourth-order valence-corrected chi connectivity index (χ4v) is 3.08. The summed E-state index contributed by atoms with van der Waals surface area (Å²) in [5, 5.41) is 3.96. The molecule has 1 heterocycles. The van der Waals surface area contributed by atoms with Crippen molar-refractivity contribution in [3.8, 4) is 0 Å². The van der Waals surface area contributed by atoms with E-state index in [9.17, 15) is 8.42 Å². The Balaban J connectivity index is 2.63. The molecule has 0 fully saturated rings. The third-order valence-electron chi connectivity index (χ3n) is 2.57. The summed E-state index contributed by atoms with van der Waals surface area (Å²) >= 11 is 0. The maximum Gasteiger partial charge on any atom is 0.283 e. The number of hydrogen-bond donors (Lipinski definition) is 0. The molecule has 0 aliphatic carbocycles. The van der Waals surface area contributed by atoms with Crippen molar-refractivity contribution < 1.29 is 8.42 Å². The van der Waals surface area contributed by atoms with Crippen LogP contribution in [-0.2, 0) is 10.0 Å². The van der Waals surface area contributed by atoms with Crippen LogP contribution in [-0.4, -0.2) is 17.6 Å². The predicted octanol–water partition coefficient (Wildman–Crippen LogP) is 2.05. The van der Waals surface area contributed by atoms with Gasteiger partial charge in [0, 0.05) is 6.20 Å². The van der Waals surface area contributed by atoms with Crippen molar-refractivity contribution in [2.24, 2.45) is 0 Å². The molecule has 2 rings (SSSR count). The zero-order valence-corrected chi connectivity index (χ0v) is 10.8. The molecule has 0 bridgehead atoms. The molecule has 90 valence electrons. The molecule has 0 aliphatic heterocycles. The van der Waals surface area contributed by atoms with E-state index in [1.807, 2.05) is 13.0 Å². The van der Waals surface area contributed by atoms with Crippen LogP contribution in [0.2, 0.25) is 0 Å². The third kappa shape index (κ3) is 2.10. The second kappa shape index (κ2) is 4.00. The molecule has 0 N–H and O–H groups in total. The molecular formula is C12H14N2O2S. The minimum atomic E-state index is -3.57. The summed E-state index contributed by atoms with van der Waals surface area (Å²) in [5.41, 5.74) is 2.32. The van der Waals surface area contributed by atoms with E-state index in [0.29, 0.717) is 10.6 Å². The van der Waals surface area contributed by atoms with Gasteiger partial charge in [-0.1, -0.05) is 12.1 Å². The summed E-state index contributed by atoms with van der Waals surface area (Å²) in [6.45, 7) is 5.41. The Kier molecular flexibility index (Phi) is 2.79. The van der Waals surface area contributed by atoms with Crippen molar-refractivity contribution in [1.29, 1.82) is 0 Å². The molecule has 0 radical (unpaired) electrons. The Morgan fingerprint density at radius 1 is 1.12 bits per heavy atom. The zero-order valence-electron chi connectivity index (χ0n) is 10.0. The van der Waals surface area contributed by atoms with Crippen LogP contribution in [0.25, 0.3) is 0 Å². The summed E-state index contributed by atoms with van der Waals surface area (Å²) in [4.78, 5) is 0.306. The number of aryl methyl sites for hydroxylation is 3. The normalized spacial score (nSPS) is 11.7. The summed E-state index contributed by atoms with van der Waals surface area (Å²) in [6, 6.07) is 7.03. The first-order chi connectivity index (χ1) is 7.91. The summed E-state index contributed by atoms with van der Waals surface area (Å²) in [6.07, 6.45) is 1.46. The smallest absolute Gasteiger partial charge is 0.199 e. The molecule has 1 aromatic carbocycles. The van der Waals surface area contributed by atoms with Crippen molar-refractivity contribution in [3.05, 3.63) is 47.3 Å². The van der Waals surface area contributed by atoms with Gasteiger partial charge in [-0.2, -0.15) is 17.6 Å². The Morgan fingerprint density at radius 2 is 1.82 bits per heavy atom. The number of nitrogens with zero attached hydrogens (tertiary/aromatic N) is 2. The van der Waals surface area contributed by atoms with Gasteiger partial charge in [-0.05, 0) is 44.0 Å². The zero-order chi connectivity index (χ0) is 12.6. The van der Waals surface area contributed by atoms with Crippen LogP contribution in [0.4, 0.5) is 0 Å². The van der Waals surface area contributed by atoms with Gasteiger partial charge in [0.25, 0.3) is 10.0 Å². The van der Waals surface area contributed by atoms with E-state index in [-0.39, 0.29) is 0 Å². The molecule has 0 saturated carbocycles. The van der Waals surface area contributed by atoms with Crippen molar-refractivity contribution in [1.82, 2.24) is 9.19 Å². The molecule has 0 unspecified atom stereocenters. The highest BCUT2D eigenvalue weighted by atomic mass is 32.2. The molecule has 0 amide bonds. The highest BCUT2D eigenvalue weighted by Crippen LogP contribution is 2.19. The molecule has 0 spiro atoms. The van der Waals surface area contributed by atoms with E-state index in [4.69, 9.17) is 0 Å². The molecule has 4 nitrogen and oxygen atoms in total. The first-order valence-corrected chi connectivity index (χ1v) is 6.70. The van der Waals surface area contributed by atoms with Gasteiger partial charge in [-0.25, -0.2) is 0 Å². The van der Waals surface area contributed by atoms with E-state index in [0.717, 1.165) is 15.2 Å². The van der Waals surface area contributed by atoms with Crippen molar-refractivity contribution in [3.63, 3.8) is 0 Å². The van der Waals surface area contributed by atoms with Crippen LogP contribution in [0.3, 0.4) is 0 Å². The molecule has 0 saturated heterocycles. The molecule has 0 atom stereocenters. The highest BCUT2D eigenvalue weighted by Gasteiger charge is 2.19. The second-order valence-corrected chi connectivity index (χ2v) is 5.87. The van der Waals surface area contributed by atoms with Crippen LogP contribution in [0, 0.1) is 20.8 Å². The van der Waals surface area contributed by atoms with Gasteiger partial charge in [0.05, 0.1) is 10.6 Å². The Hall–Kier alpha value is -1.62. The van der Waals surface area contributed by atoms with Crippen molar-refractivity contribution in [2.75, 3.05) is 0 Å². The van der Waals surface area contributed by atoms with Crippen LogP contribution in [0.5, 0.6) is 0 Å². The summed E-state index contributed by atoms with van der Waals surface area (Å²) in [5.74, 6) is 0. The van der Waals surface area contributed by atoms with Crippen LogP contribution in [0.15, 0.2) is 35.4 Å². The van der Waals surface area contributed by atoms with Crippen LogP contribution < -0.4 is 0 Å². The first-order valence-electron chi connectivity index (χ1n) is 5.26. The molecule has 17 heavy (non-hydrogen) atoms. The van der Waals surface area contributed by atoms with Gasteiger partial charge in [-0.3, -0.25) is 0 Å². The van der Waals surface area contributed by atoms with Crippen molar-refractivity contribution in [2.45, 2.75) is 25.7 Å². The minimum Gasteiger partial charge on any atom is -0.199 e. The number of aromatic nitrogens is 2. The molecule has 2 aromatic rings. The van der Waals surface area contributed by atoms with E-state index < -0.39 is 10.0 Å². The average Bonchev–Trinajstić information content (AvgIpc) is 2.69. The maximum atomic E-state index is 12.3. The topological polar surface area (TPSA) is 52.0 Å². The van der Waals surface area contributed by atoms with Gasteiger partial charge >= 0.3 is 0 Å². The fraction of sp³-hybridized carbons (Fsp3) is 0.250. The Labute approximate surface area is 101 Å². The van der Waals surface area contributed by atoms with E-state index in [2.05, 4.69) is 5.10 Å². The summed E-state index contributed by atoms with van der Waals surface area (Å²) in [7, 11) is -3.57. The first kappa shape index (κ1) is 11.9.